The van der Waals surface area contributed by atoms with E-state index in [1.807, 2.05) is 20.2 Å². The van der Waals surface area contributed by atoms with Crippen molar-refractivity contribution in [2.45, 2.75) is 69.4 Å². The van der Waals surface area contributed by atoms with Crippen LogP contribution in [0.15, 0.2) is 29.3 Å². The molecule has 7 heteroatoms. The first kappa shape index (κ1) is 24.1. The first-order chi connectivity index (χ1) is 14.5. The largest absolute Gasteiger partial charge is 0.487 e. The molecule has 1 unspecified atom stereocenters. The number of fused-ring (bicyclic) bond motifs is 1. The Bertz CT molecular complexity index is 799. The molecule has 1 atom stereocenters. The van der Waals surface area contributed by atoms with Gasteiger partial charge in [-0.2, -0.15) is 0 Å². The maximum Gasteiger partial charge on any atom is 0.230 e. The number of rotatable bonds is 4. The van der Waals surface area contributed by atoms with Crippen LogP contribution in [0.3, 0.4) is 0 Å². The summed E-state index contributed by atoms with van der Waals surface area (Å²) in [6, 6.07) is 8.51. The zero-order valence-electron chi connectivity index (χ0n) is 19.1. The van der Waals surface area contributed by atoms with Crippen LogP contribution in [0.2, 0.25) is 0 Å². The van der Waals surface area contributed by atoms with Gasteiger partial charge in [-0.1, -0.05) is 31.0 Å². The van der Waals surface area contributed by atoms with E-state index >= 15 is 0 Å². The molecule has 1 aromatic rings. The number of aliphatic imine (C=N–C) groups is 1. The summed E-state index contributed by atoms with van der Waals surface area (Å²) in [6.07, 6.45) is 9.76. The van der Waals surface area contributed by atoms with Crippen molar-refractivity contribution in [1.82, 2.24) is 15.5 Å². The van der Waals surface area contributed by atoms with Crippen molar-refractivity contribution >= 4 is 35.8 Å². The molecule has 31 heavy (non-hydrogen) atoms. The third-order valence-corrected chi connectivity index (χ3v) is 7.26. The molecule has 6 nitrogen and oxygen atoms in total. The lowest BCUT2D eigenvalue weighted by atomic mass is 9.84. The van der Waals surface area contributed by atoms with Gasteiger partial charge in [-0.15, -0.1) is 24.0 Å². The number of nitrogens with zero attached hydrogens (tertiary/aromatic N) is 2. The highest BCUT2D eigenvalue weighted by Gasteiger charge is 2.44. The molecular weight excluding hydrogens is 503 g/mol. The lowest BCUT2D eigenvalue weighted by Gasteiger charge is -2.41. The highest BCUT2D eigenvalue weighted by atomic mass is 127. The van der Waals surface area contributed by atoms with Gasteiger partial charge in [0.25, 0.3) is 0 Å². The molecule has 0 saturated heterocycles. The average molecular weight is 540 g/mol. The Labute approximate surface area is 203 Å². The number of carbonyl (C=O) groups excluding carboxylic acids is 1. The van der Waals surface area contributed by atoms with Crippen molar-refractivity contribution in [3.05, 3.63) is 29.8 Å². The standard InChI is InChI=1S/C24H36N4O2.HI/c1-25-22(26-17-23(12-6-7-13-23)21(29)28(2)3)27-19-16-24(14-8-9-15-24)30-20-11-5-4-10-18(19)20;/h4-5,10-11,19H,6-9,12-17H2,1-3H3,(H2,25,26,27);1H. The van der Waals surface area contributed by atoms with Gasteiger partial charge in [0.1, 0.15) is 11.4 Å². The van der Waals surface area contributed by atoms with Crippen LogP contribution in [0.4, 0.5) is 0 Å². The van der Waals surface area contributed by atoms with Gasteiger partial charge in [0.05, 0.1) is 11.5 Å². The lowest BCUT2D eigenvalue weighted by Crippen LogP contribution is -2.51. The summed E-state index contributed by atoms with van der Waals surface area (Å²) in [5.41, 5.74) is 0.817. The molecule has 1 aromatic carbocycles. The minimum Gasteiger partial charge on any atom is -0.487 e. The fourth-order valence-corrected chi connectivity index (χ4v) is 5.68. The van der Waals surface area contributed by atoms with Gasteiger partial charge < -0.3 is 20.3 Å². The fraction of sp³-hybridized carbons (Fsp3) is 0.667. The Hall–Kier alpha value is -1.51. The predicted octanol–water partition coefficient (Wildman–Crippen LogP) is 4.25. The number of halogens is 1. The van der Waals surface area contributed by atoms with Crippen LogP contribution in [0.25, 0.3) is 0 Å². The third-order valence-electron chi connectivity index (χ3n) is 7.26. The number of hydrogen-bond donors (Lipinski definition) is 2. The third kappa shape index (κ3) is 4.96. The van der Waals surface area contributed by atoms with Gasteiger partial charge >= 0.3 is 0 Å². The average Bonchev–Trinajstić information content (AvgIpc) is 3.41. The molecule has 4 rings (SSSR count). The maximum absolute atomic E-state index is 12.9. The number of amides is 1. The highest BCUT2D eigenvalue weighted by Crippen LogP contribution is 2.47. The summed E-state index contributed by atoms with van der Waals surface area (Å²) in [5, 5.41) is 7.15. The van der Waals surface area contributed by atoms with E-state index < -0.39 is 0 Å². The quantitative estimate of drug-likeness (QED) is 0.341. The van der Waals surface area contributed by atoms with Crippen LogP contribution in [-0.4, -0.2) is 50.1 Å². The Morgan fingerprint density at radius 3 is 2.42 bits per heavy atom. The van der Waals surface area contributed by atoms with E-state index in [1.54, 1.807) is 11.9 Å². The van der Waals surface area contributed by atoms with Gasteiger partial charge in [-0.3, -0.25) is 9.79 Å². The van der Waals surface area contributed by atoms with E-state index in [1.165, 1.54) is 18.4 Å². The number of ether oxygens (including phenoxy) is 1. The molecule has 1 amide bonds. The maximum atomic E-state index is 12.9. The van der Waals surface area contributed by atoms with Gasteiger partial charge in [0.15, 0.2) is 5.96 Å². The molecule has 2 aliphatic carbocycles. The van der Waals surface area contributed by atoms with Crippen LogP contribution in [0.1, 0.15) is 69.4 Å². The number of benzene rings is 1. The fourth-order valence-electron chi connectivity index (χ4n) is 5.68. The minimum atomic E-state index is -0.318. The molecule has 1 heterocycles. The molecule has 172 valence electrons. The van der Waals surface area contributed by atoms with Crippen LogP contribution in [0, 0.1) is 5.41 Å². The van der Waals surface area contributed by atoms with E-state index in [4.69, 9.17) is 4.74 Å². The normalized spacial score (nSPS) is 23.5. The number of carbonyl (C=O) groups is 1. The topological polar surface area (TPSA) is 66.0 Å². The summed E-state index contributed by atoms with van der Waals surface area (Å²) in [7, 11) is 5.52. The molecule has 0 radical (unpaired) electrons. The molecule has 2 N–H and O–H groups in total. The van der Waals surface area contributed by atoms with Crippen molar-refractivity contribution < 1.29 is 9.53 Å². The zero-order valence-corrected chi connectivity index (χ0v) is 21.4. The van der Waals surface area contributed by atoms with E-state index in [0.717, 1.165) is 56.7 Å². The second kappa shape index (κ2) is 9.96. The molecule has 0 bridgehead atoms. The van der Waals surface area contributed by atoms with Gasteiger partial charge in [-0.05, 0) is 44.6 Å². The molecule has 0 aromatic heterocycles. The van der Waals surface area contributed by atoms with E-state index in [-0.39, 0.29) is 46.9 Å². The molecule has 1 spiro atoms. The summed E-state index contributed by atoms with van der Waals surface area (Å²) < 4.78 is 6.49. The SMILES string of the molecule is CN=C(NCC1(C(=O)N(C)C)CCCC1)NC1CC2(CCCC2)Oc2ccccc21.I. The molecule has 2 fully saturated rings. The molecule has 2 saturated carbocycles. The first-order valence-corrected chi connectivity index (χ1v) is 11.4. The predicted molar refractivity (Wildman–Crippen MR) is 135 cm³/mol. The number of guanidine groups is 1. The van der Waals surface area contributed by atoms with Crippen LogP contribution < -0.4 is 15.4 Å². The summed E-state index contributed by atoms with van der Waals surface area (Å²) in [4.78, 5) is 19.1. The number of hydrogen-bond acceptors (Lipinski definition) is 3. The second-order valence-electron chi connectivity index (χ2n) is 9.54. The van der Waals surface area contributed by atoms with Crippen molar-refractivity contribution in [3.8, 4) is 5.75 Å². The van der Waals surface area contributed by atoms with Crippen LogP contribution >= 0.6 is 24.0 Å². The summed E-state index contributed by atoms with van der Waals surface area (Å²) in [6.45, 7) is 0.625. The zero-order chi connectivity index (χ0) is 21.2. The Balaban J connectivity index is 0.00000272. The Kier molecular flexibility index (Phi) is 7.76. The van der Waals surface area contributed by atoms with E-state index in [9.17, 15) is 4.79 Å². The number of para-hydroxylation sites is 1. The first-order valence-electron chi connectivity index (χ1n) is 11.4. The second-order valence-corrected chi connectivity index (χ2v) is 9.54. The van der Waals surface area contributed by atoms with Gasteiger partial charge in [0.2, 0.25) is 5.91 Å². The van der Waals surface area contributed by atoms with Crippen molar-refractivity contribution in [2.24, 2.45) is 10.4 Å². The van der Waals surface area contributed by atoms with Crippen LogP contribution in [0.5, 0.6) is 5.75 Å². The van der Waals surface area contributed by atoms with E-state index in [0.29, 0.717) is 6.54 Å². The van der Waals surface area contributed by atoms with Crippen molar-refractivity contribution in [2.75, 3.05) is 27.7 Å². The van der Waals surface area contributed by atoms with Crippen LogP contribution in [-0.2, 0) is 4.79 Å². The molecule has 1 aliphatic heterocycles. The smallest absolute Gasteiger partial charge is 0.230 e. The molecule has 3 aliphatic rings. The van der Waals surface area contributed by atoms with E-state index in [2.05, 4.69) is 33.8 Å². The van der Waals surface area contributed by atoms with Crippen molar-refractivity contribution in [3.63, 3.8) is 0 Å². The minimum absolute atomic E-state index is 0. The summed E-state index contributed by atoms with van der Waals surface area (Å²) >= 11 is 0. The summed E-state index contributed by atoms with van der Waals surface area (Å²) in [5.74, 6) is 1.99. The van der Waals surface area contributed by atoms with Crippen molar-refractivity contribution in [1.29, 1.82) is 0 Å². The highest BCUT2D eigenvalue weighted by molar-refractivity contribution is 14.0. The lowest BCUT2D eigenvalue weighted by molar-refractivity contribution is -0.138. The Morgan fingerprint density at radius 2 is 1.77 bits per heavy atom. The van der Waals surface area contributed by atoms with Gasteiger partial charge in [0, 0.05) is 39.7 Å². The Morgan fingerprint density at radius 1 is 1.13 bits per heavy atom. The number of nitrogens with one attached hydrogen (secondary N) is 2. The van der Waals surface area contributed by atoms with Gasteiger partial charge in [-0.25, -0.2) is 0 Å². The molecular formula is C24H37IN4O2. The monoisotopic (exact) mass is 540 g/mol.